The molecular weight excluding hydrogens is 408 g/mol. The van der Waals surface area contributed by atoms with Crippen LogP contribution in [-0.2, 0) is 12.8 Å². The number of carbonyl (C=O) groups excluding carboxylic acids is 1. The molecule has 0 bridgehead atoms. The summed E-state index contributed by atoms with van der Waals surface area (Å²) in [7, 11) is 0. The molecule has 2 atom stereocenters. The number of carbonyl (C=O) groups is 1. The van der Waals surface area contributed by atoms with Crippen LogP contribution in [0.4, 0.5) is 5.00 Å². The summed E-state index contributed by atoms with van der Waals surface area (Å²) in [5.74, 6) is 2.13. The van der Waals surface area contributed by atoms with Crippen molar-refractivity contribution < 1.29 is 14.3 Å². The van der Waals surface area contributed by atoms with Crippen molar-refractivity contribution in [2.24, 2.45) is 11.3 Å². The lowest BCUT2D eigenvalue weighted by atomic mass is 9.69. The number of thiophene rings is 1. The minimum Gasteiger partial charge on any atom is -0.490 e. The summed E-state index contributed by atoms with van der Waals surface area (Å²) in [5.41, 5.74) is 3.41. The van der Waals surface area contributed by atoms with E-state index in [0.717, 1.165) is 41.1 Å². The molecule has 2 aliphatic rings. The van der Waals surface area contributed by atoms with Crippen LogP contribution in [0.15, 0.2) is 18.2 Å². The highest BCUT2D eigenvalue weighted by Crippen LogP contribution is 2.47. The lowest BCUT2D eigenvalue weighted by Crippen LogP contribution is -2.38. The third-order valence-electron chi connectivity index (χ3n) is 6.96. The minimum atomic E-state index is -0.280. The van der Waals surface area contributed by atoms with Crippen LogP contribution < -0.4 is 20.1 Å². The summed E-state index contributed by atoms with van der Waals surface area (Å²) in [6.07, 6.45) is 4.12. The molecule has 5 nitrogen and oxygen atoms in total. The standard InChI is InChI=1S/C25H34N2O3S/c1-6-25(4,5)16-10-11-17-20(14-16)31-24-21(17)23(28)26-22(27-24)15-9-12-18(29-7-2)19(13-15)30-8-3/h9,12-13,16,22,27H,6-8,10-11,14H2,1-5H3,(H,26,28)/t16-,22-/m1/s1. The van der Waals surface area contributed by atoms with Crippen molar-refractivity contribution in [2.45, 2.75) is 66.5 Å². The molecule has 0 saturated heterocycles. The Hall–Kier alpha value is -2.21. The smallest absolute Gasteiger partial charge is 0.256 e. The highest BCUT2D eigenvalue weighted by molar-refractivity contribution is 7.16. The Morgan fingerprint density at radius 3 is 2.55 bits per heavy atom. The quantitative estimate of drug-likeness (QED) is 0.557. The van der Waals surface area contributed by atoms with Crippen molar-refractivity contribution in [2.75, 3.05) is 18.5 Å². The van der Waals surface area contributed by atoms with E-state index in [4.69, 9.17) is 9.47 Å². The minimum absolute atomic E-state index is 0.0243. The fourth-order valence-corrected chi connectivity index (χ4v) is 6.02. The van der Waals surface area contributed by atoms with Crippen LogP contribution in [-0.4, -0.2) is 19.1 Å². The molecule has 2 N–H and O–H groups in total. The molecule has 0 fully saturated rings. The van der Waals surface area contributed by atoms with Gasteiger partial charge in [0.05, 0.1) is 18.8 Å². The van der Waals surface area contributed by atoms with E-state index in [-0.39, 0.29) is 12.1 Å². The number of hydrogen-bond acceptors (Lipinski definition) is 5. The average Bonchev–Trinajstić information content (AvgIpc) is 3.13. The molecule has 2 aromatic rings. The van der Waals surface area contributed by atoms with Gasteiger partial charge in [0.2, 0.25) is 0 Å². The Kier molecular flexibility index (Phi) is 6.20. The fraction of sp³-hybridized carbons (Fsp3) is 0.560. The second kappa shape index (κ2) is 8.73. The Bertz CT molecular complexity index is 966. The summed E-state index contributed by atoms with van der Waals surface area (Å²) in [6, 6.07) is 5.87. The average molecular weight is 443 g/mol. The van der Waals surface area contributed by atoms with Crippen molar-refractivity contribution in [3.05, 3.63) is 39.8 Å². The van der Waals surface area contributed by atoms with Crippen molar-refractivity contribution in [3.63, 3.8) is 0 Å². The summed E-state index contributed by atoms with van der Waals surface area (Å²) in [6.45, 7) is 12.1. The topological polar surface area (TPSA) is 59.6 Å². The van der Waals surface area contributed by atoms with Gasteiger partial charge in [-0.25, -0.2) is 0 Å². The Morgan fingerprint density at radius 1 is 1.10 bits per heavy atom. The molecule has 1 aliphatic carbocycles. The summed E-state index contributed by atoms with van der Waals surface area (Å²) >= 11 is 1.77. The molecule has 0 radical (unpaired) electrons. The SMILES string of the molecule is CCOc1ccc([C@@H]2NC(=O)c3c(sc4c3CC[C@@H](C(C)(C)CC)C4)N2)cc1OCC. The van der Waals surface area contributed by atoms with Crippen molar-refractivity contribution in [1.29, 1.82) is 0 Å². The van der Waals surface area contributed by atoms with Crippen LogP contribution in [0.1, 0.15) is 80.0 Å². The summed E-state index contributed by atoms with van der Waals surface area (Å²) in [4.78, 5) is 14.5. The maximum Gasteiger partial charge on any atom is 0.256 e. The van der Waals surface area contributed by atoms with Crippen LogP contribution in [0, 0.1) is 11.3 Å². The summed E-state index contributed by atoms with van der Waals surface area (Å²) < 4.78 is 11.5. The van der Waals surface area contributed by atoms with Gasteiger partial charge in [0.1, 0.15) is 11.2 Å². The first-order valence-electron chi connectivity index (χ1n) is 11.5. The third-order valence-corrected chi connectivity index (χ3v) is 8.15. The van der Waals surface area contributed by atoms with Crippen LogP contribution in [0.3, 0.4) is 0 Å². The number of nitrogens with one attached hydrogen (secondary N) is 2. The molecule has 1 amide bonds. The molecule has 1 aromatic carbocycles. The molecule has 4 rings (SSSR count). The summed E-state index contributed by atoms with van der Waals surface area (Å²) in [5, 5.41) is 7.74. The highest BCUT2D eigenvalue weighted by Gasteiger charge is 2.37. The first-order valence-corrected chi connectivity index (χ1v) is 12.3. The van der Waals surface area contributed by atoms with Gasteiger partial charge in [0, 0.05) is 4.88 Å². The Labute approximate surface area is 189 Å². The number of amides is 1. The monoisotopic (exact) mass is 442 g/mol. The lowest BCUT2D eigenvalue weighted by molar-refractivity contribution is 0.0934. The number of rotatable bonds is 7. The predicted octanol–water partition coefficient (Wildman–Crippen LogP) is 5.94. The van der Waals surface area contributed by atoms with E-state index >= 15 is 0 Å². The number of fused-ring (bicyclic) bond motifs is 3. The fourth-order valence-electron chi connectivity index (χ4n) is 4.67. The van der Waals surface area contributed by atoms with Gasteiger partial charge in [-0.2, -0.15) is 0 Å². The zero-order valence-corrected chi connectivity index (χ0v) is 20.1. The van der Waals surface area contributed by atoms with E-state index < -0.39 is 0 Å². The first kappa shape index (κ1) is 22.0. The molecule has 0 spiro atoms. The number of benzene rings is 1. The molecule has 0 saturated carbocycles. The molecule has 31 heavy (non-hydrogen) atoms. The molecule has 2 heterocycles. The van der Waals surface area contributed by atoms with Gasteiger partial charge in [-0.3, -0.25) is 4.79 Å². The normalized spacial score (nSPS) is 20.4. The van der Waals surface area contributed by atoms with Gasteiger partial charge in [-0.05, 0) is 67.7 Å². The van der Waals surface area contributed by atoms with E-state index in [1.54, 1.807) is 11.3 Å². The van der Waals surface area contributed by atoms with E-state index in [9.17, 15) is 4.79 Å². The number of anilines is 1. The van der Waals surface area contributed by atoms with Crippen LogP contribution in [0.5, 0.6) is 11.5 Å². The first-order chi connectivity index (χ1) is 14.9. The van der Waals surface area contributed by atoms with Gasteiger partial charge in [0.25, 0.3) is 5.91 Å². The second-order valence-electron chi connectivity index (χ2n) is 9.11. The van der Waals surface area contributed by atoms with E-state index in [2.05, 4.69) is 31.4 Å². The zero-order chi connectivity index (χ0) is 22.2. The van der Waals surface area contributed by atoms with Gasteiger partial charge in [0.15, 0.2) is 11.5 Å². The maximum atomic E-state index is 13.1. The molecule has 168 valence electrons. The largest absolute Gasteiger partial charge is 0.490 e. The van der Waals surface area contributed by atoms with Gasteiger partial charge in [-0.15, -0.1) is 11.3 Å². The maximum absolute atomic E-state index is 13.1. The van der Waals surface area contributed by atoms with Gasteiger partial charge >= 0.3 is 0 Å². The number of ether oxygens (including phenoxy) is 2. The lowest BCUT2D eigenvalue weighted by Gasteiger charge is -2.36. The third kappa shape index (κ3) is 4.14. The van der Waals surface area contributed by atoms with Gasteiger partial charge < -0.3 is 20.1 Å². The number of hydrogen-bond donors (Lipinski definition) is 2. The van der Waals surface area contributed by atoms with E-state index in [1.807, 2.05) is 32.0 Å². The van der Waals surface area contributed by atoms with Crippen molar-refractivity contribution in [3.8, 4) is 11.5 Å². The van der Waals surface area contributed by atoms with Crippen LogP contribution in [0.25, 0.3) is 0 Å². The Morgan fingerprint density at radius 2 is 1.84 bits per heavy atom. The predicted molar refractivity (Wildman–Crippen MR) is 127 cm³/mol. The molecular formula is C25H34N2O3S. The van der Waals surface area contributed by atoms with Crippen LogP contribution in [0.2, 0.25) is 0 Å². The molecule has 6 heteroatoms. The second-order valence-corrected chi connectivity index (χ2v) is 10.2. The van der Waals surface area contributed by atoms with Crippen molar-refractivity contribution >= 4 is 22.2 Å². The van der Waals surface area contributed by atoms with Crippen LogP contribution >= 0.6 is 11.3 Å². The van der Waals surface area contributed by atoms with Gasteiger partial charge in [-0.1, -0.05) is 33.3 Å². The highest BCUT2D eigenvalue weighted by atomic mass is 32.1. The molecule has 1 aromatic heterocycles. The Balaban J connectivity index is 1.60. The molecule has 0 unspecified atom stereocenters. The van der Waals surface area contributed by atoms with Crippen molar-refractivity contribution in [1.82, 2.24) is 5.32 Å². The molecule has 1 aliphatic heterocycles. The zero-order valence-electron chi connectivity index (χ0n) is 19.3. The van der Waals surface area contributed by atoms with E-state index in [1.165, 1.54) is 16.9 Å². The van der Waals surface area contributed by atoms with E-state index in [0.29, 0.717) is 30.3 Å².